The third kappa shape index (κ3) is 4.48. The monoisotopic (exact) mass is 402 g/mol. The molecule has 136 valence electrons. The third-order valence-electron chi connectivity index (χ3n) is 3.68. The lowest BCUT2D eigenvalue weighted by Crippen LogP contribution is -2.27. The van der Waals surface area contributed by atoms with Crippen molar-refractivity contribution >= 4 is 40.6 Å². The molecule has 0 atom stereocenters. The van der Waals surface area contributed by atoms with Crippen molar-refractivity contribution in [3.8, 4) is 11.8 Å². The van der Waals surface area contributed by atoms with Crippen LogP contribution in [0.1, 0.15) is 11.1 Å². The first-order valence-electron chi connectivity index (χ1n) is 7.77. The zero-order valence-corrected chi connectivity index (χ0v) is 15.4. The molecule has 0 aromatic heterocycles. The zero-order valence-electron chi connectivity index (χ0n) is 13.8. The minimum atomic E-state index is -0.490. The van der Waals surface area contributed by atoms with E-state index >= 15 is 0 Å². The molecule has 3 rings (SSSR count). The Morgan fingerprint density at radius 2 is 2.07 bits per heavy atom. The van der Waals surface area contributed by atoms with E-state index in [1.54, 1.807) is 30.3 Å². The Balaban J connectivity index is 1.79. The van der Waals surface area contributed by atoms with Crippen molar-refractivity contribution in [3.63, 3.8) is 0 Å². The van der Waals surface area contributed by atoms with Gasteiger partial charge in [-0.15, -0.1) is 0 Å². The summed E-state index contributed by atoms with van der Waals surface area (Å²) in [6.07, 6.45) is 1.58. The summed E-state index contributed by atoms with van der Waals surface area (Å²) in [5.41, 5.74) is 1.14. The van der Waals surface area contributed by atoms with Crippen LogP contribution in [-0.2, 0) is 11.3 Å². The van der Waals surface area contributed by atoms with Crippen molar-refractivity contribution in [2.75, 3.05) is 6.61 Å². The molecule has 1 aliphatic rings. The molecule has 1 heterocycles. The molecular formula is C19H12ClFN2O3S. The predicted molar refractivity (Wildman–Crippen MR) is 100 cm³/mol. The van der Waals surface area contributed by atoms with Crippen LogP contribution in [0.4, 0.5) is 9.18 Å². The van der Waals surface area contributed by atoms with Crippen LogP contribution in [0.2, 0.25) is 5.02 Å². The number of amides is 2. The highest BCUT2D eigenvalue weighted by Crippen LogP contribution is 2.34. The molecule has 2 aromatic carbocycles. The van der Waals surface area contributed by atoms with E-state index < -0.39 is 17.0 Å². The van der Waals surface area contributed by atoms with Crippen LogP contribution < -0.4 is 4.74 Å². The first-order valence-corrected chi connectivity index (χ1v) is 8.96. The first kappa shape index (κ1) is 19.0. The minimum Gasteiger partial charge on any atom is -0.479 e. The van der Waals surface area contributed by atoms with Crippen LogP contribution in [0, 0.1) is 17.1 Å². The van der Waals surface area contributed by atoms with Crippen molar-refractivity contribution in [2.24, 2.45) is 0 Å². The van der Waals surface area contributed by atoms with Gasteiger partial charge in [0.05, 0.1) is 11.4 Å². The number of benzene rings is 2. The number of rotatable bonds is 5. The highest BCUT2D eigenvalue weighted by atomic mass is 35.5. The Hall–Kier alpha value is -2.82. The number of hydrogen-bond acceptors (Lipinski definition) is 5. The fourth-order valence-corrected chi connectivity index (χ4v) is 3.48. The number of ether oxygens (including phenoxy) is 1. The molecule has 2 amide bonds. The molecule has 8 heteroatoms. The van der Waals surface area contributed by atoms with Crippen LogP contribution in [-0.4, -0.2) is 22.7 Å². The summed E-state index contributed by atoms with van der Waals surface area (Å²) in [5.74, 6) is -0.451. The van der Waals surface area contributed by atoms with E-state index in [0.717, 1.165) is 22.7 Å². The van der Waals surface area contributed by atoms with Gasteiger partial charge in [-0.2, -0.15) is 5.26 Å². The van der Waals surface area contributed by atoms with Crippen molar-refractivity contribution < 1.29 is 18.7 Å². The maximum absolute atomic E-state index is 13.2. The Kier molecular flexibility index (Phi) is 5.79. The van der Waals surface area contributed by atoms with Gasteiger partial charge in [0.15, 0.2) is 6.61 Å². The lowest BCUT2D eigenvalue weighted by Gasteiger charge is -2.13. The summed E-state index contributed by atoms with van der Waals surface area (Å²) < 4.78 is 18.4. The summed E-state index contributed by atoms with van der Waals surface area (Å²) in [6, 6.07) is 12.5. The van der Waals surface area contributed by atoms with Crippen molar-refractivity contribution in [3.05, 3.63) is 69.3 Å². The highest BCUT2D eigenvalue weighted by molar-refractivity contribution is 8.18. The highest BCUT2D eigenvalue weighted by Gasteiger charge is 2.35. The standard InChI is InChI=1S/C19H12ClFN2O3S/c20-16-10-14(21)5-4-13(16)11-23-18(24)17(27-19(23)25)9-12-2-1-3-15(8-12)26-7-6-22/h1-5,8-10H,7,11H2/b17-9-. The molecule has 0 spiro atoms. The van der Waals surface area contributed by atoms with Gasteiger partial charge in [-0.25, -0.2) is 4.39 Å². The number of carbonyl (C=O) groups is 2. The largest absolute Gasteiger partial charge is 0.479 e. The number of thioether (sulfide) groups is 1. The summed E-state index contributed by atoms with van der Waals surface area (Å²) in [5, 5.41) is 8.29. The van der Waals surface area contributed by atoms with Crippen LogP contribution in [0.5, 0.6) is 5.75 Å². The van der Waals surface area contributed by atoms with E-state index in [9.17, 15) is 14.0 Å². The molecule has 0 aliphatic carbocycles. The molecule has 0 unspecified atom stereocenters. The van der Waals surface area contributed by atoms with E-state index in [0.29, 0.717) is 16.9 Å². The smallest absolute Gasteiger partial charge is 0.293 e. The second-order valence-corrected chi connectivity index (χ2v) is 6.92. The van der Waals surface area contributed by atoms with Crippen molar-refractivity contribution in [1.29, 1.82) is 5.26 Å². The Bertz CT molecular complexity index is 987. The summed E-state index contributed by atoms with van der Waals surface area (Å²) in [6.45, 7) is -0.120. The second-order valence-electron chi connectivity index (χ2n) is 5.52. The van der Waals surface area contributed by atoms with E-state index in [4.69, 9.17) is 21.6 Å². The molecule has 0 radical (unpaired) electrons. The van der Waals surface area contributed by atoms with Gasteiger partial charge >= 0.3 is 0 Å². The van der Waals surface area contributed by atoms with Gasteiger partial charge in [0, 0.05) is 5.02 Å². The number of nitrogens with zero attached hydrogens (tertiary/aromatic N) is 2. The van der Waals surface area contributed by atoms with Crippen molar-refractivity contribution in [1.82, 2.24) is 4.90 Å². The topological polar surface area (TPSA) is 70.4 Å². The number of hydrogen-bond donors (Lipinski definition) is 0. The van der Waals surface area contributed by atoms with Gasteiger partial charge in [-0.3, -0.25) is 14.5 Å². The summed E-state index contributed by atoms with van der Waals surface area (Å²) in [7, 11) is 0. The lowest BCUT2D eigenvalue weighted by atomic mass is 10.2. The van der Waals surface area contributed by atoms with Gasteiger partial charge in [-0.05, 0) is 53.2 Å². The van der Waals surface area contributed by atoms with Crippen LogP contribution in [0.25, 0.3) is 6.08 Å². The lowest BCUT2D eigenvalue weighted by molar-refractivity contribution is -0.123. The fraction of sp³-hybridized carbons (Fsp3) is 0.105. The van der Waals surface area contributed by atoms with E-state index in [-0.39, 0.29) is 23.1 Å². The molecule has 1 saturated heterocycles. The number of nitriles is 1. The zero-order chi connectivity index (χ0) is 19.4. The molecule has 0 saturated carbocycles. The molecule has 0 bridgehead atoms. The SMILES string of the molecule is N#CCOc1cccc(/C=C2\SC(=O)N(Cc3ccc(F)cc3Cl)C2=O)c1. The third-order valence-corrected chi connectivity index (χ3v) is 4.94. The van der Waals surface area contributed by atoms with Crippen LogP contribution >= 0.6 is 23.4 Å². The van der Waals surface area contributed by atoms with Gasteiger partial charge in [-0.1, -0.05) is 29.8 Å². The molecule has 1 aliphatic heterocycles. The molecule has 27 heavy (non-hydrogen) atoms. The maximum atomic E-state index is 13.2. The molecule has 5 nitrogen and oxygen atoms in total. The second kappa shape index (κ2) is 8.25. The summed E-state index contributed by atoms with van der Waals surface area (Å²) >= 11 is 6.80. The van der Waals surface area contributed by atoms with Crippen molar-refractivity contribution in [2.45, 2.75) is 6.54 Å². The number of halogens is 2. The predicted octanol–water partition coefficient (Wildman–Crippen LogP) is 4.62. The Labute approximate surface area is 164 Å². The Morgan fingerprint density at radius 1 is 1.26 bits per heavy atom. The van der Waals surface area contributed by atoms with E-state index in [2.05, 4.69) is 0 Å². The van der Waals surface area contributed by atoms with Gasteiger partial charge in [0.2, 0.25) is 0 Å². The Morgan fingerprint density at radius 3 is 2.81 bits per heavy atom. The molecule has 1 fully saturated rings. The van der Waals surface area contributed by atoms with Crippen LogP contribution in [0.15, 0.2) is 47.4 Å². The summed E-state index contributed by atoms with van der Waals surface area (Å²) in [4.78, 5) is 26.1. The maximum Gasteiger partial charge on any atom is 0.293 e. The van der Waals surface area contributed by atoms with Gasteiger partial charge < -0.3 is 4.74 Å². The number of carbonyl (C=O) groups excluding carboxylic acids is 2. The number of imide groups is 1. The average Bonchev–Trinajstić information content (AvgIpc) is 2.90. The normalized spacial score (nSPS) is 15.3. The van der Waals surface area contributed by atoms with E-state index in [1.807, 2.05) is 6.07 Å². The van der Waals surface area contributed by atoms with Gasteiger partial charge in [0.1, 0.15) is 17.6 Å². The molecular weight excluding hydrogens is 391 g/mol. The first-order chi connectivity index (χ1) is 13.0. The minimum absolute atomic E-state index is 0.0353. The quantitative estimate of drug-likeness (QED) is 0.682. The van der Waals surface area contributed by atoms with Gasteiger partial charge in [0.25, 0.3) is 11.1 Å². The molecule has 0 N–H and O–H groups in total. The average molecular weight is 403 g/mol. The van der Waals surface area contributed by atoms with Crippen LogP contribution in [0.3, 0.4) is 0 Å². The fourth-order valence-electron chi connectivity index (χ4n) is 2.42. The van der Waals surface area contributed by atoms with E-state index in [1.165, 1.54) is 12.1 Å². The molecule has 2 aromatic rings.